The van der Waals surface area contributed by atoms with Gasteiger partial charge < -0.3 is 10.3 Å². The van der Waals surface area contributed by atoms with E-state index >= 15 is 0 Å². The maximum absolute atomic E-state index is 4.40. The molecule has 2 N–H and O–H groups in total. The molecule has 0 aliphatic rings. The summed E-state index contributed by atoms with van der Waals surface area (Å²) >= 11 is 0. The molecule has 0 saturated carbocycles. The van der Waals surface area contributed by atoms with Gasteiger partial charge in [-0.15, -0.1) is 0 Å². The largest absolute Gasteiger partial charge is 0.346 e. The molecule has 0 aliphatic heterocycles. The third-order valence-corrected chi connectivity index (χ3v) is 2.60. The number of fused-ring (bicyclic) bond motifs is 1. The molecule has 2 aromatic heterocycles. The Kier molecular flexibility index (Phi) is 3.19. The maximum Gasteiger partial charge on any atom is 0.141 e. The second kappa shape index (κ2) is 4.61. The highest BCUT2D eigenvalue weighted by molar-refractivity contribution is 5.82. The summed E-state index contributed by atoms with van der Waals surface area (Å²) in [5.74, 6) is 0.607. The first-order chi connectivity index (χ1) is 7.72. The Morgan fingerprint density at radius 2 is 2.19 bits per heavy atom. The van der Waals surface area contributed by atoms with Gasteiger partial charge in [0.2, 0.25) is 0 Å². The number of nitrogens with one attached hydrogen (secondary N) is 2. The number of hydrogen-bond acceptors (Lipinski definition) is 3. The van der Waals surface area contributed by atoms with Crippen molar-refractivity contribution in [2.75, 3.05) is 7.05 Å². The molecule has 2 aromatic rings. The van der Waals surface area contributed by atoms with Crippen molar-refractivity contribution in [3.8, 4) is 0 Å². The molecule has 86 valence electrons. The molecule has 4 nitrogen and oxygen atoms in total. The molecule has 0 amide bonds. The highest BCUT2D eigenvalue weighted by Crippen LogP contribution is 2.21. The van der Waals surface area contributed by atoms with Gasteiger partial charge >= 0.3 is 0 Å². The van der Waals surface area contributed by atoms with E-state index in [1.807, 2.05) is 13.2 Å². The quantitative estimate of drug-likeness (QED) is 0.823. The molecular formula is C12H18N4. The minimum absolute atomic E-state index is 0.607. The van der Waals surface area contributed by atoms with Crippen LogP contribution in [0.2, 0.25) is 0 Å². The molecule has 0 fully saturated rings. The van der Waals surface area contributed by atoms with Gasteiger partial charge in [-0.1, -0.05) is 13.8 Å². The SMILES string of the molecule is CNCc1c[nH]c2ncnc(CC(C)C)c12. The van der Waals surface area contributed by atoms with Crippen molar-refractivity contribution in [3.63, 3.8) is 0 Å². The Hall–Kier alpha value is -1.42. The Morgan fingerprint density at radius 1 is 1.38 bits per heavy atom. The molecule has 0 unspecified atom stereocenters. The fourth-order valence-corrected chi connectivity index (χ4v) is 1.97. The van der Waals surface area contributed by atoms with Crippen molar-refractivity contribution in [1.82, 2.24) is 20.3 Å². The smallest absolute Gasteiger partial charge is 0.141 e. The van der Waals surface area contributed by atoms with Crippen molar-refractivity contribution >= 4 is 11.0 Å². The summed E-state index contributed by atoms with van der Waals surface area (Å²) < 4.78 is 0. The Balaban J connectivity index is 2.50. The first-order valence-corrected chi connectivity index (χ1v) is 5.66. The molecule has 0 aromatic carbocycles. The van der Waals surface area contributed by atoms with Crippen molar-refractivity contribution in [2.45, 2.75) is 26.8 Å². The molecule has 2 heterocycles. The zero-order valence-electron chi connectivity index (χ0n) is 10.0. The molecule has 0 saturated heterocycles. The summed E-state index contributed by atoms with van der Waals surface area (Å²) in [6.07, 6.45) is 4.65. The topological polar surface area (TPSA) is 53.6 Å². The van der Waals surface area contributed by atoms with Gasteiger partial charge in [0.05, 0.1) is 5.69 Å². The van der Waals surface area contributed by atoms with Gasteiger partial charge in [0, 0.05) is 18.1 Å². The second-order valence-corrected chi connectivity index (χ2v) is 4.49. The van der Waals surface area contributed by atoms with Gasteiger partial charge in [0.15, 0.2) is 0 Å². The Morgan fingerprint density at radius 3 is 2.88 bits per heavy atom. The molecule has 0 spiro atoms. The van der Waals surface area contributed by atoms with Crippen LogP contribution in [0.3, 0.4) is 0 Å². The summed E-state index contributed by atoms with van der Waals surface area (Å²) in [5, 5.41) is 4.35. The fraction of sp³-hybridized carbons (Fsp3) is 0.500. The summed E-state index contributed by atoms with van der Waals surface area (Å²) in [6.45, 7) is 5.26. The maximum atomic E-state index is 4.40. The lowest BCUT2D eigenvalue weighted by Gasteiger charge is -2.06. The zero-order valence-corrected chi connectivity index (χ0v) is 10.0. The lowest BCUT2D eigenvalue weighted by Crippen LogP contribution is -2.06. The van der Waals surface area contributed by atoms with E-state index in [0.29, 0.717) is 5.92 Å². The van der Waals surface area contributed by atoms with Gasteiger partial charge in [0.25, 0.3) is 0 Å². The van der Waals surface area contributed by atoms with Crippen LogP contribution in [0.15, 0.2) is 12.5 Å². The highest BCUT2D eigenvalue weighted by atomic mass is 14.9. The van der Waals surface area contributed by atoms with Crippen LogP contribution in [0.5, 0.6) is 0 Å². The molecule has 16 heavy (non-hydrogen) atoms. The van der Waals surface area contributed by atoms with Crippen LogP contribution < -0.4 is 5.32 Å². The fourth-order valence-electron chi connectivity index (χ4n) is 1.97. The van der Waals surface area contributed by atoms with Gasteiger partial charge in [-0.2, -0.15) is 0 Å². The second-order valence-electron chi connectivity index (χ2n) is 4.49. The normalized spacial score (nSPS) is 11.5. The van der Waals surface area contributed by atoms with Crippen LogP contribution in [0.4, 0.5) is 0 Å². The first-order valence-electron chi connectivity index (χ1n) is 5.66. The van der Waals surface area contributed by atoms with E-state index in [9.17, 15) is 0 Å². The van der Waals surface area contributed by atoms with E-state index in [4.69, 9.17) is 0 Å². The van der Waals surface area contributed by atoms with E-state index in [1.165, 1.54) is 10.9 Å². The van der Waals surface area contributed by atoms with Crippen LogP contribution in [0, 0.1) is 5.92 Å². The number of hydrogen-bond donors (Lipinski definition) is 2. The van der Waals surface area contributed by atoms with E-state index in [-0.39, 0.29) is 0 Å². The van der Waals surface area contributed by atoms with E-state index in [2.05, 4.69) is 34.1 Å². The molecular weight excluding hydrogens is 200 g/mol. The van der Waals surface area contributed by atoms with Crippen LogP contribution in [0.1, 0.15) is 25.1 Å². The first kappa shape index (κ1) is 11.1. The molecule has 0 atom stereocenters. The minimum Gasteiger partial charge on any atom is -0.346 e. The van der Waals surface area contributed by atoms with E-state index in [0.717, 1.165) is 24.3 Å². The number of aromatic amines is 1. The predicted molar refractivity (Wildman–Crippen MR) is 65.2 cm³/mol. The summed E-state index contributed by atoms with van der Waals surface area (Å²) in [6, 6.07) is 0. The number of rotatable bonds is 4. The van der Waals surface area contributed by atoms with Gasteiger partial charge in [-0.3, -0.25) is 0 Å². The summed E-state index contributed by atoms with van der Waals surface area (Å²) in [5.41, 5.74) is 3.33. The molecule has 0 aliphatic carbocycles. The lowest BCUT2D eigenvalue weighted by molar-refractivity contribution is 0.637. The summed E-state index contributed by atoms with van der Waals surface area (Å²) in [7, 11) is 1.95. The van der Waals surface area contributed by atoms with Gasteiger partial charge in [-0.05, 0) is 24.9 Å². The predicted octanol–water partition coefficient (Wildman–Crippen LogP) is 1.88. The highest BCUT2D eigenvalue weighted by Gasteiger charge is 2.11. The van der Waals surface area contributed by atoms with Crippen LogP contribution >= 0.6 is 0 Å². The average Bonchev–Trinajstić information content (AvgIpc) is 2.62. The Bertz CT molecular complexity index is 473. The molecule has 0 bridgehead atoms. The molecule has 0 radical (unpaired) electrons. The van der Waals surface area contributed by atoms with Crippen LogP contribution in [0.25, 0.3) is 11.0 Å². The average molecular weight is 218 g/mol. The Labute approximate surface area is 95.5 Å². The third kappa shape index (κ3) is 2.07. The van der Waals surface area contributed by atoms with Crippen molar-refractivity contribution in [3.05, 3.63) is 23.8 Å². The number of aromatic nitrogens is 3. The minimum atomic E-state index is 0.607. The molecule has 2 rings (SSSR count). The molecule has 4 heteroatoms. The third-order valence-electron chi connectivity index (χ3n) is 2.60. The number of nitrogens with zero attached hydrogens (tertiary/aromatic N) is 2. The van der Waals surface area contributed by atoms with Crippen LogP contribution in [-0.2, 0) is 13.0 Å². The van der Waals surface area contributed by atoms with Crippen molar-refractivity contribution < 1.29 is 0 Å². The van der Waals surface area contributed by atoms with Gasteiger partial charge in [0.1, 0.15) is 12.0 Å². The standard InChI is InChI=1S/C12H18N4/c1-8(2)4-10-11-9(5-13-3)6-14-12(11)16-7-15-10/h6-8,13H,4-5H2,1-3H3,(H,14,15,16). The van der Waals surface area contributed by atoms with Crippen LogP contribution in [-0.4, -0.2) is 22.0 Å². The number of H-pyrrole nitrogens is 1. The lowest BCUT2D eigenvalue weighted by atomic mass is 10.0. The van der Waals surface area contributed by atoms with Crippen molar-refractivity contribution in [2.24, 2.45) is 5.92 Å². The zero-order chi connectivity index (χ0) is 11.5. The van der Waals surface area contributed by atoms with E-state index in [1.54, 1.807) is 6.33 Å². The monoisotopic (exact) mass is 218 g/mol. The van der Waals surface area contributed by atoms with Gasteiger partial charge in [-0.25, -0.2) is 9.97 Å². The van der Waals surface area contributed by atoms with Crippen molar-refractivity contribution in [1.29, 1.82) is 0 Å². The van der Waals surface area contributed by atoms with E-state index < -0.39 is 0 Å². The summed E-state index contributed by atoms with van der Waals surface area (Å²) in [4.78, 5) is 11.9.